The Morgan fingerprint density at radius 2 is 2.17 bits per heavy atom. The van der Waals surface area contributed by atoms with E-state index in [0.29, 0.717) is 5.41 Å². The predicted molar refractivity (Wildman–Crippen MR) is 73.7 cm³/mol. The minimum absolute atomic E-state index is 0.692. The summed E-state index contributed by atoms with van der Waals surface area (Å²) in [5, 5.41) is 3.64. The quantitative estimate of drug-likeness (QED) is 0.795. The van der Waals surface area contributed by atoms with Gasteiger partial charge in [0.2, 0.25) is 0 Å². The van der Waals surface area contributed by atoms with Gasteiger partial charge >= 0.3 is 0 Å². The van der Waals surface area contributed by atoms with Crippen LogP contribution in [0, 0.1) is 11.3 Å². The van der Waals surface area contributed by atoms with Gasteiger partial charge in [-0.25, -0.2) is 0 Å². The molecule has 2 aliphatic rings. The number of hydrogen-bond donors (Lipinski definition) is 1. The van der Waals surface area contributed by atoms with Gasteiger partial charge in [0.1, 0.15) is 5.75 Å². The molecule has 1 aromatic rings. The van der Waals surface area contributed by atoms with Crippen LogP contribution in [0.4, 0.5) is 0 Å². The average Bonchev–Trinajstić information content (AvgIpc) is 3.24. The van der Waals surface area contributed by atoms with Crippen LogP contribution in [0.3, 0.4) is 0 Å². The summed E-state index contributed by atoms with van der Waals surface area (Å²) in [6, 6.07) is 8.43. The topological polar surface area (TPSA) is 21.3 Å². The Labute approximate surface area is 110 Å². The van der Waals surface area contributed by atoms with Gasteiger partial charge in [-0.1, -0.05) is 12.1 Å². The third-order valence-electron chi connectivity index (χ3n) is 4.35. The van der Waals surface area contributed by atoms with Crippen LogP contribution in [0.5, 0.6) is 5.75 Å². The number of rotatable bonds is 7. The average molecular weight is 245 g/mol. The van der Waals surface area contributed by atoms with Crippen molar-refractivity contribution >= 4 is 0 Å². The molecule has 0 atom stereocenters. The maximum absolute atomic E-state index is 5.53. The first-order valence-corrected chi connectivity index (χ1v) is 7.25. The third-order valence-corrected chi connectivity index (χ3v) is 4.35. The molecule has 0 bridgehead atoms. The molecule has 2 heteroatoms. The van der Waals surface area contributed by atoms with Crippen LogP contribution in [0.25, 0.3) is 0 Å². The summed E-state index contributed by atoms with van der Waals surface area (Å²) < 4.78 is 5.53. The monoisotopic (exact) mass is 245 g/mol. The Morgan fingerprint density at radius 3 is 2.83 bits per heavy atom. The van der Waals surface area contributed by atoms with E-state index in [4.69, 9.17) is 4.74 Å². The Morgan fingerprint density at radius 1 is 1.33 bits per heavy atom. The first-order chi connectivity index (χ1) is 8.82. The first kappa shape index (κ1) is 12.0. The van der Waals surface area contributed by atoms with Crippen LogP contribution < -0.4 is 10.1 Å². The molecule has 18 heavy (non-hydrogen) atoms. The summed E-state index contributed by atoms with van der Waals surface area (Å²) in [5.41, 5.74) is 2.02. The largest absolute Gasteiger partial charge is 0.494 e. The highest BCUT2D eigenvalue weighted by atomic mass is 16.5. The van der Waals surface area contributed by atoms with Crippen molar-refractivity contribution in [3.05, 3.63) is 29.8 Å². The molecule has 3 rings (SSSR count). The second kappa shape index (κ2) is 4.93. The van der Waals surface area contributed by atoms with Crippen LogP contribution in [-0.4, -0.2) is 13.2 Å². The molecule has 0 amide bonds. The minimum atomic E-state index is 0.692. The van der Waals surface area contributed by atoms with Crippen LogP contribution in [0.2, 0.25) is 0 Å². The van der Waals surface area contributed by atoms with Crippen molar-refractivity contribution in [3.63, 3.8) is 0 Å². The molecule has 2 nitrogen and oxygen atoms in total. The van der Waals surface area contributed by atoms with Crippen molar-refractivity contribution in [1.29, 1.82) is 0 Å². The second-order valence-electron chi connectivity index (χ2n) is 5.82. The third kappa shape index (κ3) is 2.69. The molecule has 98 valence electrons. The second-order valence-corrected chi connectivity index (χ2v) is 5.82. The van der Waals surface area contributed by atoms with E-state index >= 15 is 0 Å². The molecule has 0 spiro atoms. The molecule has 1 N–H and O–H groups in total. The molecule has 2 aliphatic carbocycles. The van der Waals surface area contributed by atoms with E-state index < -0.39 is 0 Å². The van der Waals surface area contributed by atoms with E-state index in [9.17, 15) is 0 Å². The zero-order valence-electron chi connectivity index (χ0n) is 11.2. The van der Waals surface area contributed by atoms with Gasteiger partial charge in [0.05, 0.1) is 6.61 Å². The van der Waals surface area contributed by atoms with Crippen molar-refractivity contribution in [1.82, 2.24) is 5.32 Å². The Balaban J connectivity index is 1.49. The van der Waals surface area contributed by atoms with E-state index in [1.807, 2.05) is 13.0 Å². The van der Waals surface area contributed by atoms with Gasteiger partial charge < -0.3 is 10.1 Å². The van der Waals surface area contributed by atoms with Crippen molar-refractivity contribution in [3.8, 4) is 5.75 Å². The first-order valence-electron chi connectivity index (χ1n) is 7.25. The van der Waals surface area contributed by atoms with Crippen molar-refractivity contribution < 1.29 is 4.74 Å². The van der Waals surface area contributed by atoms with Gasteiger partial charge in [-0.05, 0) is 61.6 Å². The van der Waals surface area contributed by atoms with Gasteiger partial charge in [-0.15, -0.1) is 0 Å². The summed E-state index contributed by atoms with van der Waals surface area (Å²) in [7, 11) is 0. The summed E-state index contributed by atoms with van der Waals surface area (Å²) in [5.74, 6) is 2.03. The van der Waals surface area contributed by atoms with Crippen molar-refractivity contribution in [2.24, 2.45) is 11.3 Å². The number of hydrogen-bond acceptors (Lipinski definition) is 2. The molecule has 0 saturated heterocycles. The smallest absolute Gasteiger partial charge is 0.119 e. The molecule has 0 radical (unpaired) electrons. The number of benzene rings is 1. The lowest BCUT2D eigenvalue weighted by molar-refractivity contribution is 0.339. The number of ether oxygens (including phenoxy) is 1. The fourth-order valence-electron chi connectivity index (χ4n) is 2.95. The van der Waals surface area contributed by atoms with E-state index in [1.54, 1.807) is 0 Å². The Hall–Kier alpha value is -1.02. The molecule has 0 aromatic heterocycles. The molecule has 0 aliphatic heterocycles. The highest BCUT2D eigenvalue weighted by Gasteiger charge is 2.53. The fourth-order valence-corrected chi connectivity index (χ4v) is 2.95. The summed E-state index contributed by atoms with van der Waals surface area (Å²) in [6.07, 6.45) is 5.84. The maximum atomic E-state index is 5.53. The lowest BCUT2D eigenvalue weighted by atomic mass is 10.0. The van der Waals surface area contributed by atoms with Crippen LogP contribution in [0.1, 0.15) is 38.2 Å². The molecular weight excluding hydrogens is 222 g/mol. The summed E-state index contributed by atoms with van der Waals surface area (Å²) >= 11 is 0. The van der Waals surface area contributed by atoms with Gasteiger partial charge in [0.25, 0.3) is 0 Å². The van der Waals surface area contributed by atoms with E-state index in [0.717, 1.165) is 24.8 Å². The molecule has 0 heterocycles. The van der Waals surface area contributed by atoms with E-state index in [1.165, 1.54) is 37.8 Å². The zero-order chi connectivity index (χ0) is 12.4. The molecular formula is C16H23NO. The lowest BCUT2D eigenvalue weighted by Gasteiger charge is -2.15. The molecule has 1 aromatic carbocycles. The van der Waals surface area contributed by atoms with Crippen LogP contribution in [0.15, 0.2) is 24.3 Å². The maximum Gasteiger partial charge on any atom is 0.119 e. The van der Waals surface area contributed by atoms with Gasteiger partial charge in [0, 0.05) is 13.1 Å². The van der Waals surface area contributed by atoms with Gasteiger partial charge in [0.15, 0.2) is 0 Å². The molecule has 2 saturated carbocycles. The van der Waals surface area contributed by atoms with E-state index in [2.05, 4.69) is 23.5 Å². The van der Waals surface area contributed by atoms with Crippen LogP contribution in [-0.2, 0) is 6.54 Å². The predicted octanol–water partition coefficient (Wildman–Crippen LogP) is 3.37. The minimum Gasteiger partial charge on any atom is -0.494 e. The fraction of sp³-hybridized carbons (Fsp3) is 0.625. The normalized spacial score (nSPS) is 20.7. The Bertz CT molecular complexity index is 407. The van der Waals surface area contributed by atoms with Crippen molar-refractivity contribution in [2.75, 3.05) is 13.2 Å². The SMILES string of the molecule is CCOc1cccc(CNCC2(C3CC3)CC2)c1. The highest BCUT2D eigenvalue weighted by molar-refractivity contribution is 5.28. The standard InChI is InChI=1S/C16H23NO/c1-2-18-15-5-3-4-13(10-15)11-17-12-16(8-9-16)14-6-7-14/h3-5,10,14,17H,2,6-9,11-12H2,1H3. The van der Waals surface area contributed by atoms with Crippen LogP contribution >= 0.6 is 0 Å². The highest BCUT2D eigenvalue weighted by Crippen LogP contribution is 2.60. The van der Waals surface area contributed by atoms with Gasteiger partial charge in [-0.3, -0.25) is 0 Å². The summed E-state index contributed by atoms with van der Waals surface area (Å²) in [4.78, 5) is 0. The molecule has 0 unspecified atom stereocenters. The number of nitrogens with one attached hydrogen (secondary N) is 1. The van der Waals surface area contributed by atoms with E-state index in [-0.39, 0.29) is 0 Å². The Kier molecular flexibility index (Phi) is 3.29. The molecule has 2 fully saturated rings. The van der Waals surface area contributed by atoms with Crippen molar-refractivity contribution in [2.45, 2.75) is 39.2 Å². The zero-order valence-corrected chi connectivity index (χ0v) is 11.2. The summed E-state index contributed by atoms with van der Waals surface area (Å²) in [6.45, 7) is 4.94. The lowest BCUT2D eigenvalue weighted by Crippen LogP contribution is -2.25. The van der Waals surface area contributed by atoms with Gasteiger partial charge in [-0.2, -0.15) is 0 Å².